The third-order valence-corrected chi connectivity index (χ3v) is 4.26. The Morgan fingerprint density at radius 1 is 1.00 bits per heavy atom. The summed E-state index contributed by atoms with van der Waals surface area (Å²) >= 11 is 0. The molecule has 0 fully saturated rings. The van der Waals surface area contributed by atoms with Crippen molar-refractivity contribution in [3.8, 4) is 0 Å². The Bertz CT molecular complexity index is 900. The van der Waals surface area contributed by atoms with Crippen molar-refractivity contribution in [2.75, 3.05) is 11.4 Å². The van der Waals surface area contributed by atoms with Gasteiger partial charge in [-0.25, -0.2) is 4.39 Å². The highest BCUT2D eigenvalue weighted by atomic mass is 19.1. The molecule has 0 unspecified atom stereocenters. The zero-order valence-electron chi connectivity index (χ0n) is 12.2. The molecule has 1 aliphatic rings. The molecule has 0 radical (unpaired) electrons. The Morgan fingerprint density at radius 3 is 2.43 bits per heavy atom. The Morgan fingerprint density at radius 2 is 1.70 bits per heavy atom. The van der Waals surface area contributed by atoms with E-state index in [1.54, 1.807) is 11.0 Å². The van der Waals surface area contributed by atoms with Crippen molar-refractivity contribution in [1.82, 2.24) is 0 Å². The van der Waals surface area contributed by atoms with Crippen LogP contribution in [0.4, 0.5) is 10.1 Å². The van der Waals surface area contributed by atoms with Crippen LogP contribution in [0.25, 0.3) is 10.8 Å². The van der Waals surface area contributed by atoms with Crippen molar-refractivity contribution < 1.29 is 14.3 Å². The zero-order valence-corrected chi connectivity index (χ0v) is 12.2. The number of amides is 1. The first kappa shape index (κ1) is 13.9. The summed E-state index contributed by atoms with van der Waals surface area (Å²) in [4.78, 5) is 14.2. The SMILES string of the molecule is O=C1c2cccc3cccc(c23)N1C[C@H](O)c1ccc(F)cc1. The van der Waals surface area contributed by atoms with Gasteiger partial charge in [-0.2, -0.15) is 0 Å². The molecule has 0 saturated carbocycles. The number of halogens is 1. The van der Waals surface area contributed by atoms with E-state index in [2.05, 4.69) is 0 Å². The number of benzene rings is 3. The molecule has 0 spiro atoms. The molecular formula is C19H14FNO2. The van der Waals surface area contributed by atoms with E-state index in [4.69, 9.17) is 0 Å². The number of hydrogen-bond donors (Lipinski definition) is 1. The van der Waals surface area contributed by atoms with Crippen LogP contribution in [0.1, 0.15) is 22.0 Å². The van der Waals surface area contributed by atoms with Crippen LogP contribution in [0.3, 0.4) is 0 Å². The van der Waals surface area contributed by atoms with Crippen LogP contribution < -0.4 is 4.90 Å². The fraction of sp³-hybridized carbons (Fsp3) is 0.105. The van der Waals surface area contributed by atoms with Gasteiger partial charge in [0, 0.05) is 10.9 Å². The highest BCUT2D eigenvalue weighted by molar-refractivity contribution is 6.25. The van der Waals surface area contributed by atoms with Crippen LogP contribution in [-0.2, 0) is 0 Å². The number of nitrogens with zero attached hydrogens (tertiary/aromatic N) is 1. The fourth-order valence-electron chi connectivity index (χ4n) is 3.12. The minimum absolute atomic E-state index is 0.113. The van der Waals surface area contributed by atoms with Gasteiger partial charge in [-0.1, -0.05) is 36.4 Å². The van der Waals surface area contributed by atoms with E-state index >= 15 is 0 Å². The minimum atomic E-state index is -0.871. The molecule has 1 amide bonds. The fourth-order valence-corrected chi connectivity index (χ4v) is 3.12. The van der Waals surface area contributed by atoms with Crippen LogP contribution >= 0.6 is 0 Å². The van der Waals surface area contributed by atoms with Crippen LogP contribution in [0.2, 0.25) is 0 Å². The molecule has 0 aromatic heterocycles. The summed E-state index contributed by atoms with van der Waals surface area (Å²) in [5.41, 5.74) is 2.05. The number of hydrogen-bond acceptors (Lipinski definition) is 2. The average molecular weight is 307 g/mol. The molecule has 0 bridgehead atoms. The quantitative estimate of drug-likeness (QED) is 0.802. The highest BCUT2D eigenvalue weighted by Crippen LogP contribution is 2.38. The Balaban J connectivity index is 1.70. The predicted octanol–water partition coefficient (Wildman–Crippen LogP) is 3.67. The predicted molar refractivity (Wildman–Crippen MR) is 87.0 cm³/mol. The van der Waals surface area contributed by atoms with Crippen molar-refractivity contribution >= 4 is 22.4 Å². The third kappa shape index (κ3) is 2.19. The largest absolute Gasteiger partial charge is 0.387 e. The molecule has 3 aromatic carbocycles. The number of carbonyl (C=O) groups excluding carboxylic acids is 1. The van der Waals surface area contributed by atoms with E-state index in [1.165, 1.54) is 24.3 Å². The topological polar surface area (TPSA) is 40.5 Å². The lowest BCUT2D eigenvalue weighted by atomic mass is 10.1. The second kappa shape index (κ2) is 5.18. The van der Waals surface area contributed by atoms with Gasteiger partial charge in [0.05, 0.1) is 18.3 Å². The van der Waals surface area contributed by atoms with E-state index in [9.17, 15) is 14.3 Å². The standard InChI is InChI=1S/C19H14FNO2/c20-14-9-7-12(8-10-14)17(22)11-21-16-6-2-4-13-3-1-5-15(18(13)16)19(21)23/h1-10,17,22H,11H2/t17-/m0/s1. The Kier molecular flexibility index (Phi) is 3.13. The van der Waals surface area contributed by atoms with E-state index in [0.717, 1.165) is 16.5 Å². The van der Waals surface area contributed by atoms with Gasteiger partial charge < -0.3 is 10.0 Å². The van der Waals surface area contributed by atoms with E-state index in [0.29, 0.717) is 11.1 Å². The molecule has 23 heavy (non-hydrogen) atoms. The van der Waals surface area contributed by atoms with Crippen molar-refractivity contribution in [1.29, 1.82) is 0 Å². The highest BCUT2D eigenvalue weighted by Gasteiger charge is 2.31. The lowest BCUT2D eigenvalue weighted by Gasteiger charge is -2.21. The molecule has 4 rings (SSSR count). The van der Waals surface area contributed by atoms with Gasteiger partial charge in [0.1, 0.15) is 5.82 Å². The summed E-state index contributed by atoms with van der Waals surface area (Å²) in [5.74, 6) is -0.465. The van der Waals surface area contributed by atoms with Crippen LogP contribution in [0.5, 0.6) is 0 Å². The maximum atomic E-state index is 13.0. The smallest absolute Gasteiger partial charge is 0.259 e. The van der Waals surface area contributed by atoms with Gasteiger partial charge in [-0.15, -0.1) is 0 Å². The molecule has 3 aromatic rings. The summed E-state index contributed by atoms with van der Waals surface area (Å²) < 4.78 is 13.0. The lowest BCUT2D eigenvalue weighted by Crippen LogP contribution is -2.31. The molecule has 4 heteroatoms. The number of aliphatic hydroxyl groups excluding tert-OH is 1. The first-order valence-electron chi connectivity index (χ1n) is 7.42. The first-order valence-corrected chi connectivity index (χ1v) is 7.42. The van der Waals surface area contributed by atoms with Gasteiger partial charge >= 0.3 is 0 Å². The van der Waals surface area contributed by atoms with Gasteiger partial charge in [-0.05, 0) is 35.2 Å². The van der Waals surface area contributed by atoms with Crippen LogP contribution in [0, 0.1) is 5.82 Å². The summed E-state index contributed by atoms with van der Waals surface area (Å²) in [6.45, 7) is 0.137. The summed E-state index contributed by atoms with van der Waals surface area (Å²) in [6, 6.07) is 17.1. The normalized spacial score (nSPS) is 14.5. The monoisotopic (exact) mass is 307 g/mol. The number of aliphatic hydroxyl groups is 1. The first-order chi connectivity index (χ1) is 11.1. The van der Waals surface area contributed by atoms with Crippen molar-refractivity contribution in [2.45, 2.75) is 6.10 Å². The second-order valence-electron chi connectivity index (χ2n) is 5.66. The summed E-state index contributed by atoms with van der Waals surface area (Å²) in [5, 5.41) is 12.3. The molecule has 0 aliphatic carbocycles. The summed E-state index contributed by atoms with van der Waals surface area (Å²) in [6.07, 6.45) is -0.871. The average Bonchev–Trinajstić information content (AvgIpc) is 2.84. The van der Waals surface area contributed by atoms with E-state index in [1.807, 2.05) is 30.3 Å². The number of carbonyl (C=O) groups is 1. The number of rotatable bonds is 3. The van der Waals surface area contributed by atoms with E-state index < -0.39 is 6.10 Å². The van der Waals surface area contributed by atoms with E-state index in [-0.39, 0.29) is 18.3 Å². The Hall–Kier alpha value is -2.72. The lowest BCUT2D eigenvalue weighted by molar-refractivity contribution is 0.0969. The molecule has 1 heterocycles. The molecule has 1 N–H and O–H groups in total. The molecule has 0 saturated heterocycles. The molecule has 114 valence electrons. The van der Waals surface area contributed by atoms with Gasteiger partial charge in [-0.3, -0.25) is 4.79 Å². The van der Waals surface area contributed by atoms with Crippen molar-refractivity contribution in [3.63, 3.8) is 0 Å². The van der Waals surface area contributed by atoms with Crippen LogP contribution in [-0.4, -0.2) is 17.6 Å². The zero-order chi connectivity index (χ0) is 16.0. The molecule has 3 nitrogen and oxygen atoms in total. The van der Waals surface area contributed by atoms with Gasteiger partial charge in [0.15, 0.2) is 0 Å². The third-order valence-electron chi connectivity index (χ3n) is 4.26. The second-order valence-corrected chi connectivity index (χ2v) is 5.66. The van der Waals surface area contributed by atoms with Gasteiger partial charge in [0.25, 0.3) is 5.91 Å². The van der Waals surface area contributed by atoms with Gasteiger partial charge in [0.2, 0.25) is 0 Å². The maximum absolute atomic E-state index is 13.0. The van der Waals surface area contributed by atoms with Crippen LogP contribution in [0.15, 0.2) is 60.7 Å². The maximum Gasteiger partial charge on any atom is 0.259 e. The Labute approximate surface area is 132 Å². The van der Waals surface area contributed by atoms with Crippen molar-refractivity contribution in [2.24, 2.45) is 0 Å². The number of anilines is 1. The molecule has 1 atom stereocenters. The summed E-state index contributed by atoms with van der Waals surface area (Å²) in [7, 11) is 0. The molecular weight excluding hydrogens is 293 g/mol. The number of β-amino-alcohol motifs (C(OH)–C–C–N with tert-alkyl or cyclic N) is 1. The molecule has 1 aliphatic heterocycles. The van der Waals surface area contributed by atoms with Crippen molar-refractivity contribution in [3.05, 3.63) is 77.6 Å². The minimum Gasteiger partial charge on any atom is -0.387 e.